The normalized spacial score (nSPS) is 10.1. The van der Waals surface area contributed by atoms with Crippen LogP contribution in [0.5, 0.6) is 0 Å². The Morgan fingerprint density at radius 2 is 2.17 bits per heavy atom. The molecule has 1 amide bonds. The number of nitrogen functional groups attached to an aromatic ring is 1. The third-order valence-electron chi connectivity index (χ3n) is 2.32. The van der Waals surface area contributed by atoms with E-state index in [0.29, 0.717) is 17.9 Å². The highest BCUT2D eigenvalue weighted by Crippen LogP contribution is 2.06. The number of amides is 1. The first-order valence-corrected chi connectivity index (χ1v) is 5.43. The predicted octanol–water partition coefficient (Wildman–Crippen LogP) is 0.692. The van der Waals surface area contributed by atoms with E-state index in [2.05, 4.69) is 20.3 Å². The Hall–Kier alpha value is -2.50. The summed E-state index contributed by atoms with van der Waals surface area (Å²) in [5.41, 5.74) is 7.75. The highest BCUT2D eigenvalue weighted by molar-refractivity contribution is 5.96. The molecule has 0 aliphatic carbocycles. The number of pyridine rings is 1. The number of nitrogens with one attached hydrogen (secondary N) is 1. The Morgan fingerprint density at radius 3 is 2.83 bits per heavy atom. The van der Waals surface area contributed by atoms with Crippen molar-refractivity contribution in [2.45, 2.75) is 13.5 Å². The lowest BCUT2D eigenvalue weighted by atomic mass is 10.3. The average Bonchev–Trinajstić information content (AvgIpc) is 2.38. The molecular formula is C12H13N5O. The van der Waals surface area contributed by atoms with Crippen molar-refractivity contribution in [2.24, 2.45) is 0 Å². The zero-order chi connectivity index (χ0) is 13.0. The Bertz CT molecular complexity index is 553. The summed E-state index contributed by atoms with van der Waals surface area (Å²) in [7, 11) is 0. The molecule has 92 valence electrons. The number of rotatable bonds is 3. The van der Waals surface area contributed by atoms with Crippen molar-refractivity contribution in [1.29, 1.82) is 0 Å². The van der Waals surface area contributed by atoms with Crippen LogP contribution in [0.15, 0.2) is 30.7 Å². The van der Waals surface area contributed by atoms with E-state index in [1.54, 1.807) is 24.5 Å². The molecule has 6 nitrogen and oxygen atoms in total. The summed E-state index contributed by atoms with van der Waals surface area (Å²) in [6, 6.07) is 3.31. The molecule has 6 heteroatoms. The van der Waals surface area contributed by atoms with Crippen molar-refractivity contribution in [1.82, 2.24) is 20.3 Å². The highest BCUT2D eigenvalue weighted by atomic mass is 16.1. The van der Waals surface area contributed by atoms with Gasteiger partial charge in [0, 0.05) is 12.4 Å². The molecule has 2 aromatic heterocycles. The third kappa shape index (κ3) is 2.79. The molecule has 0 bridgehead atoms. The fourth-order valence-electron chi connectivity index (χ4n) is 1.37. The summed E-state index contributed by atoms with van der Waals surface area (Å²) < 4.78 is 0. The van der Waals surface area contributed by atoms with Gasteiger partial charge in [0.15, 0.2) is 5.69 Å². The SMILES string of the molecule is Cc1cnc(CNC(=O)c2ncccc2N)cn1. The van der Waals surface area contributed by atoms with Crippen LogP contribution in [0, 0.1) is 6.92 Å². The molecule has 2 heterocycles. The van der Waals surface area contributed by atoms with Gasteiger partial charge in [-0.15, -0.1) is 0 Å². The van der Waals surface area contributed by atoms with E-state index >= 15 is 0 Å². The summed E-state index contributed by atoms with van der Waals surface area (Å²) >= 11 is 0. The van der Waals surface area contributed by atoms with E-state index < -0.39 is 0 Å². The van der Waals surface area contributed by atoms with Gasteiger partial charge in [-0.25, -0.2) is 4.98 Å². The van der Waals surface area contributed by atoms with Crippen LogP contribution < -0.4 is 11.1 Å². The number of nitrogens with zero attached hydrogens (tertiary/aromatic N) is 3. The van der Waals surface area contributed by atoms with Gasteiger partial charge in [-0.1, -0.05) is 0 Å². The van der Waals surface area contributed by atoms with Crippen LogP contribution in [-0.4, -0.2) is 20.9 Å². The number of aromatic nitrogens is 3. The second kappa shape index (κ2) is 5.22. The fourth-order valence-corrected chi connectivity index (χ4v) is 1.37. The van der Waals surface area contributed by atoms with Gasteiger partial charge in [0.25, 0.3) is 5.91 Å². The second-order valence-corrected chi connectivity index (χ2v) is 3.77. The minimum Gasteiger partial charge on any atom is -0.397 e. The van der Waals surface area contributed by atoms with Gasteiger partial charge < -0.3 is 11.1 Å². The number of anilines is 1. The molecule has 3 N–H and O–H groups in total. The predicted molar refractivity (Wildman–Crippen MR) is 66.6 cm³/mol. The molecule has 2 aromatic rings. The lowest BCUT2D eigenvalue weighted by molar-refractivity contribution is 0.0946. The molecule has 0 aliphatic rings. The van der Waals surface area contributed by atoms with Crippen LogP contribution in [0.25, 0.3) is 0 Å². The van der Waals surface area contributed by atoms with E-state index in [0.717, 1.165) is 5.69 Å². The molecule has 0 aliphatic heterocycles. The van der Waals surface area contributed by atoms with Crippen molar-refractivity contribution in [3.05, 3.63) is 47.8 Å². The maximum atomic E-state index is 11.8. The van der Waals surface area contributed by atoms with Gasteiger partial charge >= 0.3 is 0 Å². The van der Waals surface area contributed by atoms with Crippen LogP contribution >= 0.6 is 0 Å². The Balaban J connectivity index is 2.01. The summed E-state index contributed by atoms with van der Waals surface area (Å²) in [5, 5.41) is 2.69. The molecule has 0 fully saturated rings. The number of aryl methyl sites for hydroxylation is 1. The zero-order valence-electron chi connectivity index (χ0n) is 9.92. The van der Waals surface area contributed by atoms with E-state index in [-0.39, 0.29) is 11.6 Å². The molecule has 0 atom stereocenters. The van der Waals surface area contributed by atoms with Crippen LogP contribution in [0.1, 0.15) is 21.9 Å². The minimum atomic E-state index is -0.324. The topological polar surface area (TPSA) is 93.8 Å². The largest absolute Gasteiger partial charge is 0.397 e. The van der Waals surface area contributed by atoms with Crippen LogP contribution in [0.3, 0.4) is 0 Å². The Labute approximate surface area is 104 Å². The van der Waals surface area contributed by atoms with Crippen molar-refractivity contribution in [3.63, 3.8) is 0 Å². The van der Waals surface area contributed by atoms with Crippen molar-refractivity contribution in [2.75, 3.05) is 5.73 Å². The average molecular weight is 243 g/mol. The van der Waals surface area contributed by atoms with Gasteiger partial charge in [0.05, 0.1) is 29.8 Å². The van der Waals surface area contributed by atoms with E-state index in [4.69, 9.17) is 5.73 Å². The third-order valence-corrected chi connectivity index (χ3v) is 2.32. The fraction of sp³-hybridized carbons (Fsp3) is 0.167. The smallest absolute Gasteiger partial charge is 0.272 e. The molecule has 0 unspecified atom stereocenters. The first kappa shape index (κ1) is 12.0. The molecular weight excluding hydrogens is 230 g/mol. The summed E-state index contributed by atoms with van der Waals surface area (Å²) in [6.07, 6.45) is 4.80. The zero-order valence-corrected chi connectivity index (χ0v) is 9.92. The molecule has 0 saturated carbocycles. The van der Waals surface area contributed by atoms with E-state index in [1.807, 2.05) is 6.92 Å². The van der Waals surface area contributed by atoms with Crippen LogP contribution in [0.4, 0.5) is 5.69 Å². The van der Waals surface area contributed by atoms with Gasteiger partial charge in [-0.05, 0) is 19.1 Å². The van der Waals surface area contributed by atoms with Crippen molar-refractivity contribution in [3.8, 4) is 0 Å². The lowest BCUT2D eigenvalue weighted by Crippen LogP contribution is -2.25. The monoisotopic (exact) mass is 243 g/mol. The number of hydrogen-bond acceptors (Lipinski definition) is 5. The molecule has 0 radical (unpaired) electrons. The van der Waals surface area contributed by atoms with Gasteiger partial charge in [-0.2, -0.15) is 0 Å². The van der Waals surface area contributed by atoms with Gasteiger partial charge in [-0.3, -0.25) is 14.8 Å². The standard InChI is InChI=1S/C12H13N5O/c1-8-5-16-9(6-15-8)7-17-12(18)11-10(13)3-2-4-14-11/h2-6H,7,13H2,1H3,(H,17,18). The quantitative estimate of drug-likeness (QED) is 0.827. The van der Waals surface area contributed by atoms with Crippen LogP contribution in [0.2, 0.25) is 0 Å². The summed E-state index contributed by atoms with van der Waals surface area (Å²) in [5.74, 6) is -0.324. The van der Waals surface area contributed by atoms with Gasteiger partial charge in [0.1, 0.15) is 0 Å². The van der Waals surface area contributed by atoms with Gasteiger partial charge in [0.2, 0.25) is 0 Å². The molecule has 0 aromatic carbocycles. The molecule has 2 rings (SSSR count). The van der Waals surface area contributed by atoms with Crippen LogP contribution in [-0.2, 0) is 6.54 Å². The Kier molecular flexibility index (Phi) is 3.47. The number of carbonyl (C=O) groups excluding carboxylic acids is 1. The Morgan fingerprint density at radius 1 is 1.33 bits per heavy atom. The van der Waals surface area contributed by atoms with Crippen molar-refractivity contribution < 1.29 is 4.79 Å². The lowest BCUT2D eigenvalue weighted by Gasteiger charge is -2.05. The molecule has 0 spiro atoms. The number of carbonyl (C=O) groups is 1. The van der Waals surface area contributed by atoms with E-state index in [1.165, 1.54) is 6.20 Å². The summed E-state index contributed by atoms with van der Waals surface area (Å²) in [4.78, 5) is 24.0. The highest BCUT2D eigenvalue weighted by Gasteiger charge is 2.10. The first-order valence-electron chi connectivity index (χ1n) is 5.43. The maximum Gasteiger partial charge on any atom is 0.272 e. The maximum absolute atomic E-state index is 11.8. The number of hydrogen-bond donors (Lipinski definition) is 2. The van der Waals surface area contributed by atoms with E-state index in [9.17, 15) is 4.79 Å². The number of nitrogens with two attached hydrogens (primary N) is 1. The summed E-state index contributed by atoms with van der Waals surface area (Å²) in [6.45, 7) is 2.14. The van der Waals surface area contributed by atoms with Crippen molar-refractivity contribution >= 4 is 11.6 Å². The second-order valence-electron chi connectivity index (χ2n) is 3.77. The molecule has 0 saturated heterocycles. The minimum absolute atomic E-state index is 0.220. The molecule has 18 heavy (non-hydrogen) atoms. The first-order chi connectivity index (χ1) is 8.66.